The van der Waals surface area contributed by atoms with Crippen LogP contribution in [0.5, 0.6) is 11.5 Å². The summed E-state index contributed by atoms with van der Waals surface area (Å²) in [6.07, 6.45) is 1.37. The Bertz CT molecular complexity index is 1320. The van der Waals surface area contributed by atoms with Crippen LogP contribution in [0.3, 0.4) is 0 Å². The summed E-state index contributed by atoms with van der Waals surface area (Å²) in [6, 6.07) is 25.4. The predicted octanol–water partition coefficient (Wildman–Crippen LogP) is 5.37. The topological polar surface area (TPSA) is 78.3 Å². The molecular formula is C27H24N4O3S. The van der Waals surface area contributed by atoms with E-state index in [1.54, 1.807) is 6.08 Å². The van der Waals surface area contributed by atoms with Gasteiger partial charge in [-0.1, -0.05) is 72.4 Å². The molecule has 1 N–H and O–H groups in total. The van der Waals surface area contributed by atoms with Crippen LogP contribution < -0.4 is 14.8 Å². The van der Waals surface area contributed by atoms with E-state index in [1.807, 2.05) is 71.3 Å². The van der Waals surface area contributed by atoms with Crippen LogP contribution in [0.2, 0.25) is 0 Å². The van der Waals surface area contributed by atoms with Gasteiger partial charge in [0, 0.05) is 12.2 Å². The molecule has 0 aliphatic carbocycles. The first kappa shape index (κ1) is 22.7. The Morgan fingerprint density at radius 1 is 1.00 bits per heavy atom. The van der Waals surface area contributed by atoms with E-state index in [0.29, 0.717) is 35.6 Å². The number of ether oxygens (including phenoxy) is 2. The van der Waals surface area contributed by atoms with Crippen LogP contribution >= 0.6 is 11.8 Å². The number of aromatic nitrogens is 3. The molecule has 1 atom stereocenters. The molecule has 176 valence electrons. The lowest BCUT2D eigenvalue weighted by Gasteiger charge is -2.26. The maximum Gasteiger partial charge on any atom is 0.234 e. The van der Waals surface area contributed by atoms with E-state index in [4.69, 9.17) is 9.47 Å². The lowest BCUT2D eigenvalue weighted by molar-refractivity contribution is -0.113. The molecular weight excluding hydrogens is 460 g/mol. The van der Waals surface area contributed by atoms with Crippen molar-refractivity contribution in [2.45, 2.75) is 17.8 Å². The largest absolute Gasteiger partial charge is 0.485 e. The number of hydrogen-bond acceptors (Lipinski definition) is 6. The van der Waals surface area contributed by atoms with Crippen LogP contribution in [-0.4, -0.2) is 33.0 Å². The summed E-state index contributed by atoms with van der Waals surface area (Å²) in [6.45, 7) is 4.67. The van der Waals surface area contributed by atoms with Gasteiger partial charge < -0.3 is 14.8 Å². The number of hydrogen-bond donors (Lipinski definition) is 1. The number of allylic oxidation sites excluding steroid dienone is 1. The van der Waals surface area contributed by atoms with Crippen molar-refractivity contribution in [1.29, 1.82) is 0 Å². The number of nitrogens with zero attached hydrogens (tertiary/aromatic N) is 3. The molecule has 7 nitrogen and oxygen atoms in total. The summed E-state index contributed by atoms with van der Waals surface area (Å²) in [5.41, 5.74) is 2.98. The summed E-state index contributed by atoms with van der Waals surface area (Å²) in [4.78, 5) is 12.6. The number of carbonyl (C=O) groups excluding carboxylic acids is 1. The van der Waals surface area contributed by atoms with Crippen molar-refractivity contribution in [2.75, 3.05) is 17.7 Å². The van der Waals surface area contributed by atoms with Gasteiger partial charge in [0.1, 0.15) is 6.61 Å². The molecule has 0 fully saturated rings. The summed E-state index contributed by atoms with van der Waals surface area (Å²) >= 11 is 1.32. The van der Waals surface area contributed by atoms with E-state index in [1.165, 1.54) is 11.8 Å². The van der Waals surface area contributed by atoms with Gasteiger partial charge >= 0.3 is 0 Å². The minimum atomic E-state index is -0.399. The number of benzene rings is 3. The van der Waals surface area contributed by atoms with E-state index in [2.05, 4.69) is 34.2 Å². The molecule has 0 radical (unpaired) electrons. The number of amides is 1. The van der Waals surface area contributed by atoms with Gasteiger partial charge in [-0.25, -0.2) is 0 Å². The number of fused-ring (bicyclic) bond motifs is 1. The van der Waals surface area contributed by atoms with Gasteiger partial charge in [-0.2, -0.15) is 0 Å². The Balaban J connectivity index is 1.22. The fourth-order valence-corrected chi connectivity index (χ4v) is 4.55. The standard InChI is InChI=1S/C27H24N4O3S/c1-2-16-31-26(24-17-33-22-10-6-7-11-23(22)34-24)29-30-27(31)35-18-25(32)28-21-14-12-20(13-15-21)19-8-4-3-5-9-19/h2-15,24H,1,16-18H2,(H,28,32). The molecule has 4 aromatic rings. The molecule has 2 heterocycles. The highest BCUT2D eigenvalue weighted by Crippen LogP contribution is 2.36. The molecule has 8 heteroatoms. The van der Waals surface area contributed by atoms with Crippen LogP contribution in [0, 0.1) is 0 Å². The van der Waals surface area contributed by atoms with Gasteiger partial charge in [-0.05, 0) is 35.4 Å². The Morgan fingerprint density at radius 2 is 1.71 bits per heavy atom. The minimum absolute atomic E-state index is 0.122. The highest BCUT2D eigenvalue weighted by Gasteiger charge is 2.28. The van der Waals surface area contributed by atoms with Crippen LogP contribution in [0.1, 0.15) is 11.9 Å². The third-order valence-electron chi connectivity index (χ3n) is 5.46. The Labute approximate surface area is 207 Å². The SMILES string of the molecule is C=CCn1c(SCC(=O)Nc2ccc(-c3ccccc3)cc2)nnc1C1COc2ccccc2O1. The zero-order chi connectivity index (χ0) is 24.0. The van der Waals surface area contributed by atoms with E-state index in [-0.39, 0.29) is 11.7 Å². The van der Waals surface area contributed by atoms with Gasteiger partial charge in [-0.15, -0.1) is 16.8 Å². The first-order valence-corrected chi connectivity index (χ1v) is 12.2. The molecule has 1 aromatic heterocycles. The van der Waals surface area contributed by atoms with Crippen molar-refractivity contribution in [2.24, 2.45) is 0 Å². The quantitative estimate of drug-likeness (QED) is 0.267. The van der Waals surface area contributed by atoms with Crippen LogP contribution in [0.4, 0.5) is 5.69 Å². The second-order valence-corrected chi connectivity index (χ2v) is 8.83. The van der Waals surface area contributed by atoms with Crippen molar-refractivity contribution in [1.82, 2.24) is 14.8 Å². The number of carbonyl (C=O) groups is 1. The number of rotatable bonds is 8. The predicted molar refractivity (Wildman–Crippen MR) is 137 cm³/mol. The number of nitrogens with one attached hydrogen (secondary N) is 1. The molecule has 0 saturated heterocycles. The van der Waals surface area contributed by atoms with Crippen molar-refractivity contribution in [3.8, 4) is 22.6 Å². The highest BCUT2D eigenvalue weighted by molar-refractivity contribution is 7.99. The minimum Gasteiger partial charge on any atom is -0.485 e. The van der Waals surface area contributed by atoms with E-state index in [0.717, 1.165) is 16.8 Å². The average Bonchev–Trinajstić information content (AvgIpc) is 3.31. The normalized spacial score (nSPS) is 14.3. The molecule has 35 heavy (non-hydrogen) atoms. The van der Waals surface area contributed by atoms with E-state index < -0.39 is 6.10 Å². The summed E-state index contributed by atoms with van der Waals surface area (Å²) in [7, 11) is 0. The number of anilines is 1. The van der Waals surface area contributed by atoms with Gasteiger partial charge in [0.05, 0.1) is 5.75 Å². The first-order valence-electron chi connectivity index (χ1n) is 11.2. The maximum absolute atomic E-state index is 12.6. The van der Waals surface area contributed by atoms with Gasteiger partial charge in [-0.3, -0.25) is 9.36 Å². The van der Waals surface area contributed by atoms with Crippen molar-refractivity contribution in [3.05, 3.63) is 97.3 Å². The van der Waals surface area contributed by atoms with Gasteiger partial charge in [0.2, 0.25) is 5.91 Å². The highest BCUT2D eigenvalue weighted by atomic mass is 32.2. The monoisotopic (exact) mass is 484 g/mol. The molecule has 1 unspecified atom stereocenters. The van der Waals surface area contributed by atoms with Crippen molar-refractivity contribution >= 4 is 23.4 Å². The summed E-state index contributed by atoms with van der Waals surface area (Å²) < 4.78 is 13.8. The molecule has 1 aliphatic rings. The Kier molecular flexibility index (Phi) is 6.81. The van der Waals surface area contributed by atoms with Crippen molar-refractivity contribution < 1.29 is 14.3 Å². The zero-order valence-electron chi connectivity index (χ0n) is 19.0. The third-order valence-corrected chi connectivity index (χ3v) is 6.43. The second kappa shape index (κ2) is 10.5. The summed E-state index contributed by atoms with van der Waals surface area (Å²) in [5.74, 6) is 2.09. The Morgan fingerprint density at radius 3 is 2.49 bits per heavy atom. The maximum atomic E-state index is 12.6. The molecule has 0 saturated carbocycles. The molecule has 3 aromatic carbocycles. The molecule has 1 amide bonds. The number of para-hydroxylation sites is 2. The molecule has 1 aliphatic heterocycles. The van der Waals surface area contributed by atoms with Crippen LogP contribution in [0.25, 0.3) is 11.1 Å². The average molecular weight is 485 g/mol. The first-order chi connectivity index (χ1) is 17.2. The fraction of sp³-hybridized carbons (Fsp3) is 0.148. The van der Waals surface area contributed by atoms with E-state index in [9.17, 15) is 4.79 Å². The molecule has 0 bridgehead atoms. The van der Waals surface area contributed by atoms with Gasteiger partial charge in [0.15, 0.2) is 28.6 Å². The smallest absolute Gasteiger partial charge is 0.234 e. The summed E-state index contributed by atoms with van der Waals surface area (Å²) in [5, 5.41) is 12.2. The fourth-order valence-electron chi connectivity index (χ4n) is 3.80. The third kappa shape index (κ3) is 5.22. The van der Waals surface area contributed by atoms with Gasteiger partial charge in [0.25, 0.3) is 0 Å². The zero-order valence-corrected chi connectivity index (χ0v) is 19.8. The molecule has 0 spiro atoms. The molecule has 5 rings (SSSR count). The Hall–Kier alpha value is -4.04. The number of thioether (sulfide) groups is 1. The second-order valence-electron chi connectivity index (χ2n) is 7.88. The lowest BCUT2D eigenvalue weighted by Crippen LogP contribution is -2.25. The van der Waals surface area contributed by atoms with Crippen molar-refractivity contribution in [3.63, 3.8) is 0 Å². The van der Waals surface area contributed by atoms with Crippen LogP contribution in [-0.2, 0) is 11.3 Å². The lowest BCUT2D eigenvalue weighted by atomic mass is 10.1. The van der Waals surface area contributed by atoms with E-state index >= 15 is 0 Å². The van der Waals surface area contributed by atoms with Crippen LogP contribution in [0.15, 0.2) is 96.7 Å².